The van der Waals surface area contributed by atoms with Crippen molar-refractivity contribution in [3.05, 3.63) is 29.8 Å². The molecule has 2 N–H and O–H groups in total. The molecule has 0 bridgehead atoms. The number of para-hydroxylation sites is 1. The largest absolute Gasteiger partial charge is 0.508 e. The number of benzene rings is 1. The highest BCUT2D eigenvalue weighted by atomic mass is 32.2. The maximum absolute atomic E-state index is 9.82. The molecule has 0 aromatic heterocycles. The zero-order chi connectivity index (χ0) is 12.7. The van der Waals surface area contributed by atoms with Crippen LogP contribution < -0.4 is 5.32 Å². The molecule has 0 saturated heterocycles. The summed E-state index contributed by atoms with van der Waals surface area (Å²) < 4.78 is 0. The molecule has 0 aliphatic rings. The molecule has 2 atom stereocenters. The summed E-state index contributed by atoms with van der Waals surface area (Å²) in [7, 11) is 0. The third-order valence-corrected chi connectivity index (χ3v) is 4.10. The van der Waals surface area contributed by atoms with E-state index in [1.54, 1.807) is 6.07 Å². The van der Waals surface area contributed by atoms with E-state index in [2.05, 4.69) is 25.4 Å². The smallest absolute Gasteiger partial charge is 0.120 e. The van der Waals surface area contributed by atoms with Crippen LogP contribution in [0.3, 0.4) is 0 Å². The quantitative estimate of drug-likeness (QED) is 0.779. The van der Waals surface area contributed by atoms with Crippen LogP contribution >= 0.6 is 11.8 Å². The SMILES string of the molecule is CCC(NCCC(C)SC)c1ccccc1O. The van der Waals surface area contributed by atoms with Crippen molar-refractivity contribution in [2.24, 2.45) is 0 Å². The molecule has 0 spiro atoms. The van der Waals surface area contributed by atoms with Crippen molar-refractivity contribution in [3.8, 4) is 5.75 Å². The number of hydrogen-bond donors (Lipinski definition) is 2. The number of phenols is 1. The van der Waals surface area contributed by atoms with Crippen molar-refractivity contribution in [2.45, 2.75) is 38.0 Å². The van der Waals surface area contributed by atoms with Crippen molar-refractivity contribution in [1.82, 2.24) is 5.32 Å². The number of rotatable bonds is 7. The van der Waals surface area contributed by atoms with Gasteiger partial charge in [0, 0.05) is 16.9 Å². The molecule has 2 nitrogen and oxygen atoms in total. The third-order valence-electron chi connectivity index (χ3n) is 3.06. The van der Waals surface area contributed by atoms with Crippen LogP contribution in [0.1, 0.15) is 38.3 Å². The van der Waals surface area contributed by atoms with Gasteiger partial charge in [-0.05, 0) is 31.7 Å². The lowest BCUT2D eigenvalue weighted by atomic mass is 10.0. The van der Waals surface area contributed by atoms with E-state index in [0.717, 1.165) is 24.9 Å². The van der Waals surface area contributed by atoms with Crippen LogP contribution in [-0.2, 0) is 0 Å². The van der Waals surface area contributed by atoms with Gasteiger partial charge < -0.3 is 10.4 Å². The van der Waals surface area contributed by atoms with Gasteiger partial charge in [0.25, 0.3) is 0 Å². The lowest BCUT2D eigenvalue weighted by Crippen LogP contribution is -2.23. The summed E-state index contributed by atoms with van der Waals surface area (Å²) in [6.07, 6.45) is 4.29. The molecule has 1 aromatic carbocycles. The van der Waals surface area contributed by atoms with E-state index < -0.39 is 0 Å². The van der Waals surface area contributed by atoms with E-state index in [0.29, 0.717) is 11.0 Å². The molecule has 0 radical (unpaired) electrons. The summed E-state index contributed by atoms with van der Waals surface area (Å²) in [5, 5.41) is 14.0. The second-order valence-electron chi connectivity index (χ2n) is 4.31. The zero-order valence-corrected chi connectivity index (χ0v) is 11.8. The predicted octanol–water partition coefficient (Wildman–Crippen LogP) is 3.57. The van der Waals surface area contributed by atoms with Gasteiger partial charge in [-0.25, -0.2) is 0 Å². The highest BCUT2D eigenvalue weighted by Crippen LogP contribution is 2.25. The molecule has 2 unspecified atom stereocenters. The second kappa shape index (κ2) is 7.62. The minimum absolute atomic E-state index is 0.255. The molecular formula is C14H23NOS. The summed E-state index contributed by atoms with van der Waals surface area (Å²) in [5.74, 6) is 0.393. The Kier molecular flexibility index (Phi) is 6.45. The second-order valence-corrected chi connectivity index (χ2v) is 5.58. The first-order valence-electron chi connectivity index (χ1n) is 6.23. The molecule has 96 valence electrons. The van der Waals surface area contributed by atoms with Crippen LogP contribution in [0.5, 0.6) is 5.75 Å². The third kappa shape index (κ3) is 4.60. The average molecular weight is 253 g/mol. The Labute approximate surface area is 109 Å². The molecule has 0 saturated carbocycles. The Morgan fingerprint density at radius 1 is 1.35 bits per heavy atom. The Balaban J connectivity index is 2.52. The topological polar surface area (TPSA) is 32.3 Å². The van der Waals surface area contributed by atoms with Crippen molar-refractivity contribution in [2.75, 3.05) is 12.8 Å². The Hall–Kier alpha value is -0.670. The molecular weight excluding hydrogens is 230 g/mol. The summed E-state index contributed by atoms with van der Waals surface area (Å²) in [6, 6.07) is 7.84. The van der Waals surface area contributed by atoms with Gasteiger partial charge in [-0.15, -0.1) is 0 Å². The number of thioether (sulfide) groups is 1. The first kappa shape index (κ1) is 14.4. The molecule has 0 amide bonds. The van der Waals surface area contributed by atoms with E-state index in [4.69, 9.17) is 0 Å². The first-order chi connectivity index (χ1) is 8.19. The van der Waals surface area contributed by atoms with Crippen molar-refractivity contribution < 1.29 is 5.11 Å². The monoisotopic (exact) mass is 253 g/mol. The Morgan fingerprint density at radius 2 is 2.06 bits per heavy atom. The number of aromatic hydroxyl groups is 1. The number of nitrogens with one attached hydrogen (secondary N) is 1. The Bertz CT molecular complexity index is 330. The van der Waals surface area contributed by atoms with Gasteiger partial charge >= 0.3 is 0 Å². The van der Waals surface area contributed by atoms with Crippen LogP contribution in [0.25, 0.3) is 0 Å². The maximum Gasteiger partial charge on any atom is 0.120 e. The predicted molar refractivity (Wildman–Crippen MR) is 76.7 cm³/mol. The van der Waals surface area contributed by atoms with Crippen LogP contribution in [-0.4, -0.2) is 23.2 Å². The van der Waals surface area contributed by atoms with E-state index in [1.165, 1.54) is 0 Å². The molecule has 3 heteroatoms. The minimum Gasteiger partial charge on any atom is -0.508 e. The Morgan fingerprint density at radius 3 is 2.65 bits per heavy atom. The van der Waals surface area contributed by atoms with Gasteiger partial charge in [0.05, 0.1) is 0 Å². The lowest BCUT2D eigenvalue weighted by Gasteiger charge is -2.19. The number of hydrogen-bond acceptors (Lipinski definition) is 3. The van der Waals surface area contributed by atoms with E-state index in [9.17, 15) is 5.11 Å². The highest BCUT2D eigenvalue weighted by molar-refractivity contribution is 7.99. The molecule has 0 fully saturated rings. The maximum atomic E-state index is 9.82. The van der Waals surface area contributed by atoms with Gasteiger partial charge in [0.1, 0.15) is 5.75 Å². The van der Waals surface area contributed by atoms with E-state index >= 15 is 0 Å². The summed E-state index contributed by atoms with van der Waals surface area (Å²) in [5.41, 5.74) is 1.01. The molecule has 1 rings (SSSR count). The first-order valence-corrected chi connectivity index (χ1v) is 7.51. The summed E-state index contributed by atoms with van der Waals surface area (Å²) in [4.78, 5) is 0. The molecule has 0 aliphatic heterocycles. The van der Waals surface area contributed by atoms with Gasteiger partial charge in [-0.1, -0.05) is 32.0 Å². The molecule has 1 aromatic rings. The fraction of sp³-hybridized carbons (Fsp3) is 0.571. The lowest BCUT2D eigenvalue weighted by molar-refractivity contribution is 0.440. The van der Waals surface area contributed by atoms with Crippen molar-refractivity contribution in [1.29, 1.82) is 0 Å². The molecule has 0 aliphatic carbocycles. The van der Waals surface area contributed by atoms with E-state index in [1.807, 2.05) is 30.0 Å². The molecule has 17 heavy (non-hydrogen) atoms. The summed E-state index contributed by atoms with van der Waals surface area (Å²) in [6.45, 7) is 5.38. The van der Waals surface area contributed by atoms with Gasteiger partial charge in [-0.2, -0.15) is 11.8 Å². The zero-order valence-electron chi connectivity index (χ0n) is 10.9. The van der Waals surface area contributed by atoms with Crippen LogP contribution in [0, 0.1) is 0 Å². The summed E-state index contributed by atoms with van der Waals surface area (Å²) >= 11 is 1.89. The van der Waals surface area contributed by atoms with Crippen LogP contribution in [0.15, 0.2) is 24.3 Å². The van der Waals surface area contributed by atoms with Gasteiger partial charge in [0.2, 0.25) is 0 Å². The fourth-order valence-electron chi connectivity index (χ4n) is 1.84. The van der Waals surface area contributed by atoms with Gasteiger partial charge in [0.15, 0.2) is 0 Å². The average Bonchev–Trinajstić information content (AvgIpc) is 2.35. The molecule has 0 heterocycles. The standard InChI is InChI=1S/C14H23NOS/c1-4-13(15-10-9-11(2)17-3)12-7-5-6-8-14(12)16/h5-8,11,13,15-16H,4,9-10H2,1-3H3. The number of phenolic OH excluding ortho intramolecular Hbond substituents is 1. The van der Waals surface area contributed by atoms with Gasteiger partial charge in [-0.3, -0.25) is 0 Å². The fourth-order valence-corrected chi connectivity index (χ4v) is 2.19. The van der Waals surface area contributed by atoms with E-state index in [-0.39, 0.29) is 6.04 Å². The highest BCUT2D eigenvalue weighted by Gasteiger charge is 2.12. The van der Waals surface area contributed by atoms with Crippen LogP contribution in [0.2, 0.25) is 0 Å². The van der Waals surface area contributed by atoms with Crippen molar-refractivity contribution >= 4 is 11.8 Å². The van der Waals surface area contributed by atoms with Crippen molar-refractivity contribution in [3.63, 3.8) is 0 Å². The van der Waals surface area contributed by atoms with Crippen LogP contribution in [0.4, 0.5) is 0 Å². The normalized spacial score (nSPS) is 14.5. The minimum atomic E-state index is 0.255.